The average Bonchev–Trinajstić information content (AvgIpc) is 3.06. The Labute approximate surface area is 166 Å². The first kappa shape index (κ1) is 20.2. The van der Waals surface area contributed by atoms with E-state index in [1.807, 2.05) is 0 Å². The number of hydrogen-bond acceptors (Lipinski definition) is 4. The van der Waals surface area contributed by atoms with Gasteiger partial charge in [0.1, 0.15) is 11.9 Å². The Morgan fingerprint density at radius 2 is 1.72 bits per heavy atom. The number of amides is 4. The largest absolute Gasteiger partial charge is 0.341 e. The second-order valence-corrected chi connectivity index (χ2v) is 6.54. The van der Waals surface area contributed by atoms with Crippen molar-refractivity contribution < 1.29 is 23.6 Å². The van der Waals surface area contributed by atoms with Crippen molar-refractivity contribution in [3.05, 3.63) is 59.9 Å². The van der Waals surface area contributed by atoms with Gasteiger partial charge in [0.2, 0.25) is 17.7 Å². The molecule has 2 aromatic rings. The molecule has 0 spiro atoms. The number of halogens is 1. The van der Waals surface area contributed by atoms with Gasteiger partial charge < -0.3 is 10.6 Å². The number of carbonyl (C=O) groups is 4. The number of carbonyl (C=O) groups excluding carboxylic acids is 4. The van der Waals surface area contributed by atoms with Crippen LogP contribution in [-0.4, -0.2) is 23.6 Å². The molecule has 1 fully saturated rings. The van der Waals surface area contributed by atoms with Crippen LogP contribution in [0.1, 0.15) is 37.8 Å². The van der Waals surface area contributed by atoms with Gasteiger partial charge in [-0.05, 0) is 23.8 Å². The standard InChI is InChI=1S/C21H20FN3O4/c1-2-17(26)24-20(13-6-4-3-5-7-13)21(29)23-14-8-9-15(22)16(12-14)25-18(27)10-11-19(25)28/h3-9,12,20H,2,10-11H2,1H3,(H,23,29)(H,24,26). The Hall–Kier alpha value is -3.55. The number of imide groups is 1. The van der Waals surface area contributed by atoms with Crippen LogP contribution in [0.4, 0.5) is 15.8 Å². The zero-order valence-electron chi connectivity index (χ0n) is 15.8. The van der Waals surface area contributed by atoms with E-state index >= 15 is 0 Å². The van der Waals surface area contributed by atoms with Crippen molar-refractivity contribution >= 4 is 35.0 Å². The van der Waals surface area contributed by atoms with E-state index in [0.29, 0.717) is 5.56 Å². The van der Waals surface area contributed by atoms with Crippen molar-refractivity contribution in [1.29, 1.82) is 0 Å². The highest BCUT2D eigenvalue weighted by Gasteiger charge is 2.32. The summed E-state index contributed by atoms with van der Waals surface area (Å²) < 4.78 is 14.2. The van der Waals surface area contributed by atoms with Crippen LogP contribution in [0.5, 0.6) is 0 Å². The number of benzene rings is 2. The zero-order chi connectivity index (χ0) is 21.0. The average molecular weight is 397 g/mol. The SMILES string of the molecule is CCC(=O)NC(C(=O)Nc1ccc(F)c(N2C(=O)CCC2=O)c1)c1ccccc1. The Kier molecular flexibility index (Phi) is 6.01. The lowest BCUT2D eigenvalue weighted by atomic mass is 10.1. The van der Waals surface area contributed by atoms with Crippen LogP contribution in [0, 0.1) is 5.82 Å². The van der Waals surface area contributed by atoms with Crippen LogP contribution in [0.2, 0.25) is 0 Å². The monoisotopic (exact) mass is 397 g/mol. The van der Waals surface area contributed by atoms with Gasteiger partial charge in [0.15, 0.2) is 0 Å². The molecular weight excluding hydrogens is 377 g/mol. The van der Waals surface area contributed by atoms with Gasteiger partial charge in [-0.25, -0.2) is 9.29 Å². The van der Waals surface area contributed by atoms with Crippen molar-refractivity contribution in [3.63, 3.8) is 0 Å². The van der Waals surface area contributed by atoms with Crippen LogP contribution in [0.25, 0.3) is 0 Å². The Morgan fingerprint density at radius 1 is 1.07 bits per heavy atom. The summed E-state index contributed by atoms with van der Waals surface area (Å²) in [4.78, 5) is 49.4. The van der Waals surface area contributed by atoms with E-state index in [1.54, 1.807) is 37.3 Å². The van der Waals surface area contributed by atoms with E-state index in [1.165, 1.54) is 12.1 Å². The maximum atomic E-state index is 14.2. The highest BCUT2D eigenvalue weighted by Crippen LogP contribution is 2.29. The Balaban J connectivity index is 1.86. The summed E-state index contributed by atoms with van der Waals surface area (Å²) in [5.74, 6) is -2.56. The van der Waals surface area contributed by atoms with Crippen molar-refractivity contribution in [3.8, 4) is 0 Å². The molecule has 29 heavy (non-hydrogen) atoms. The molecule has 1 aliphatic rings. The van der Waals surface area contributed by atoms with E-state index in [4.69, 9.17) is 0 Å². The Morgan fingerprint density at radius 3 is 2.34 bits per heavy atom. The molecule has 0 radical (unpaired) electrons. The summed E-state index contributed by atoms with van der Waals surface area (Å²) in [5, 5.41) is 5.28. The number of hydrogen-bond donors (Lipinski definition) is 2. The lowest BCUT2D eigenvalue weighted by Crippen LogP contribution is -2.36. The highest BCUT2D eigenvalue weighted by atomic mass is 19.1. The fraction of sp³-hybridized carbons (Fsp3) is 0.238. The van der Waals surface area contributed by atoms with Crippen LogP contribution in [-0.2, 0) is 19.2 Å². The third-order valence-electron chi connectivity index (χ3n) is 4.53. The molecule has 0 bridgehead atoms. The quantitative estimate of drug-likeness (QED) is 0.733. The molecule has 0 aromatic heterocycles. The third kappa shape index (κ3) is 4.48. The van der Waals surface area contributed by atoms with Gasteiger partial charge in [-0.1, -0.05) is 37.3 Å². The maximum Gasteiger partial charge on any atom is 0.251 e. The first-order chi connectivity index (χ1) is 13.9. The number of nitrogens with zero attached hydrogens (tertiary/aromatic N) is 1. The fourth-order valence-electron chi connectivity index (χ4n) is 3.03. The number of nitrogens with one attached hydrogen (secondary N) is 2. The van der Waals surface area contributed by atoms with Crippen molar-refractivity contribution in [2.75, 3.05) is 10.2 Å². The maximum absolute atomic E-state index is 14.2. The summed E-state index contributed by atoms with van der Waals surface area (Å²) in [6.45, 7) is 1.67. The van der Waals surface area contributed by atoms with E-state index in [-0.39, 0.29) is 36.5 Å². The van der Waals surface area contributed by atoms with Gasteiger partial charge in [0.05, 0.1) is 5.69 Å². The Bertz CT molecular complexity index is 946. The van der Waals surface area contributed by atoms with E-state index in [9.17, 15) is 23.6 Å². The predicted molar refractivity (Wildman–Crippen MR) is 104 cm³/mol. The molecular formula is C21H20FN3O4. The second-order valence-electron chi connectivity index (χ2n) is 6.54. The normalized spacial score (nSPS) is 14.6. The molecule has 7 nitrogen and oxygen atoms in total. The molecule has 3 rings (SSSR count). The van der Waals surface area contributed by atoms with Crippen LogP contribution in [0.15, 0.2) is 48.5 Å². The van der Waals surface area contributed by atoms with Gasteiger partial charge in [-0.2, -0.15) is 0 Å². The third-order valence-corrected chi connectivity index (χ3v) is 4.53. The van der Waals surface area contributed by atoms with Gasteiger partial charge >= 0.3 is 0 Å². The molecule has 4 amide bonds. The van der Waals surface area contributed by atoms with E-state index in [2.05, 4.69) is 10.6 Å². The summed E-state index contributed by atoms with van der Waals surface area (Å²) in [6, 6.07) is 11.4. The molecule has 0 saturated carbocycles. The van der Waals surface area contributed by atoms with Crippen LogP contribution in [0.3, 0.4) is 0 Å². The zero-order valence-corrected chi connectivity index (χ0v) is 15.8. The molecule has 0 aliphatic carbocycles. The van der Waals surface area contributed by atoms with Crippen molar-refractivity contribution in [1.82, 2.24) is 5.32 Å². The van der Waals surface area contributed by atoms with E-state index < -0.39 is 29.6 Å². The number of rotatable bonds is 6. The summed E-state index contributed by atoms with van der Waals surface area (Å²) >= 11 is 0. The van der Waals surface area contributed by atoms with E-state index in [0.717, 1.165) is 11.0 Å². The molecule has 1 saturated heterocycles. The minimum Gasteiger partial charge on any atom is -0.341 e. The molecule has 2 N–H and O–H groups in total. The minimum atomic E-state index is -0.952. The molecule has 1 heterocycles. The second kappa shape index (κ2) is 8.64. The van der Waals surface area contributed by atoms with Gasteiger partial charge in [-0.3, -0.25) is 19.2 Å². The first-order valence-corrected chi connectivity index (χ1v) is 9.21. The molecule has 1 atom stereocenters. The van der Waals surface area contributed by atoms with Crippen molar-refractivity contribution in [2.45, 2.75) is 32.2 Å². The predicted octanol–water partition coefficient (Wildman–Crippen LogP) is 2.69. The lowest BCUT2D eigenvalue weighted by Gasteiger charge is -2.20. The molecule has 150 valence electrons. The highest BCUT2D eigenvalue weighted by molar-refractivity contribution is 6.20. The van der Waals surface area contributed by atoms with Crippen LogP contribution < -0.4 is 15.5 Å². The van der Waals surface area contributed by atoms with Gasteiger partial charge in [-0.15, -0.1) is 0 Å². The van der Waals surface area contributed by atoms with Gasteiger partial charge in [0, 0.05) is 24.9 Å². The number of anilines is 2. The summed E-state index contributed by atoms with van der Waals surface area (Å²) in [7, 11) is 0. The summed E-state index contributed by atoms with van der Waals surface area (Å²) in [6.07, 6.45) is 0.248. The van der Waals surface area contributed by atoms with Crippen molar-refractivity contribution in [2.24, 2.45) is 0 Å². The molecule has 2 aromatic carbocycles. The topological polar surface area (TPSA) is 95.6 Å². The van der Waals surface area contributed by atoms with Crippen LogP contribution >= 0.6 is 0 Å². The molecule has 8 heteroatoms. The minimum absolute atomic E-state index is 0.0218. The smallest absolute Gasteiger partial charge is 0.251 e. The first-order valence-electron chi connectivity index (χ1n) is 9.21. The molecule has 1 unspecified atom stereocenters. The lowest BCUT2D eigenvalue weighted by molar-refractivity contribution is -0.126. The van der Waals surface area contributed by atoms with Gasteiger partial charge in [0.25, 0.3) is 5.91 Å². The molecule has 1 aliphatic heterocycles. The fourth-order valence-corrected chi connectivity index (χ4v) is 3.03. The summed E-state index contributed by atoms with van der Waals surface area (Å²) in [5.41, 5.74) is 0.578.